The molecule has 0 radical (unpaired) electrons. The second-order valence-corrected chi connectivity index (χ2v) is 7.13. The summed E-state index contributed by atoms with van der Waals surface area (Å²) < 4.78 is 19.5. The van der Waals surface area contributed by atoms with Crippen molar-refractivity contribution in [3.8, 4) is 11.5 Å². The standard InChI is InChI=1S/C19H22N4O5S/c1-6-23-13(7-11(2)21-23)18(25)20-19-22(10-17(24)28-5)12-8-14(26-3)15(27-4)9-16(12)29-19/h7-9H,6,10H2,1-5H3. The number of carbonyl (C=O) groups is 2. The molecule has 0 saturated heterocycles. The lowest BCUT2D eigenvalue weighted by molar-refractivity contribution is -0.141. The van der Waals surface area contributed by atoms with Gasteiger partial charge < -0.3 is 18.8 Å². The number of hydrogen-bond donors (Lipinski definition) is 0. The number of aromatic nitrogens is 3. The molecule has 3 aromatic rings. The first kappa shape index (κ1) is 20.6. The van der Waals surface area contributed by atoms with E-state index in [0.717, 1.165) is 10.4 Å². The highest BCUT2D eigenvalue weighted by Gasteiger charge is 2.17. The van der Waals surface area contributed by atoms with Crippen molar-refractivity contribution in [3.05, 3.63) is 34.4 Å². The maximum atomic E-state index is 12.8. The van der Waals surface area contributed by atoms with Crippen molar-refractivity contribution in [3.63, 3.8) is 0 Å². The second-order valence-electron chi connectivity index (χ2n) is 6.13. The molecule has 1 amide bonds. The Morgan fingerprint density at radius 2 is 1.83 bits per heavy atom. The Kier molecular flexibility index (Phi) is 6.02. The van der Waals surface area contributed by atoms with Gasteiger partial charge in [0.25, 0.3) is 5.91 Å². The number of aryl methyl sites for hydroxylation is 2. The van der Waals surface area contributed by atoms with Crippen molar-refractivity contribution in [2.75, 3.05) is 21.3 Å². The molecule has 29 heavy (non-hydrogen) atoms. The predicted molar refractivity (Wildman–Crippen MR) is 107 cm³/mol. The lowest BCUT2D eigenvalue weighted by Gasteiger charge is -2.09. The van der Waals surface area contributed by atoms with Crippen LogP contribution in [-0.2, 0) is 22.6 Å². The van der Waals surface area contributed by atoms with Gasteiger partial charge in [-0.05, 0) is 19.9 Å². The summed E-state index contributed by atoms with van der Waals surface area (Å²) in [6.45, 7) is 4.18. The van der Waals surface area contributed by atoms with Gasteiger partial charge in [0.05, 0.1) is 37.2 Å². The van der Waals surface area contributed by atoms with Crippen LogP contribution in [0.4, 0.5) is 0 Å². The fourth-order valence-corrected chi connectivity index (χ4v) is 3.97. The average Bonchev–Trinajstić information content (AvgIpc) is 3.26. The molecule has 0 fully saturated rings. The van der Waals surface area contributed by atoms with Crippen molar-refractivity contribution in [1.29, 1.82) is 0 Å². The minimum absolute atomic E-state index is 0.0931. The molecule has 0 atom stereocenters. The second kappa shape index (κ2) is 8.48. The van der Waals surface area contributed by atoms with Crippen LogP contribution in [0.15, 0.2) is 23.2 Å². The lowest BCUT2D eigenvalue weighted by Crippen LogP contribution is -2.23. The smallest absolute Gasteiger partial charge is 0.325 e. The minimum Gasteiger partial charge on any atom is -0.493 e. The molecule has 154 valence electrons. The maximum Gasteiger partial charge on any atom is 0.325 e. The van der Waals surface area contributed by atoms with E-state index in [2.05, 4.69) is 10.1 Å². The first-order chi connectivity index (χ1) is 13.9. The van der Waals surface area contributed by atoms with E-state index >= 15 is 0 Å². The van der Waals surface area contributed by atoms with Crippen LogP contribution in [0.2, 0.25) is 0 Å². The zero-order valence-electron chi connectivity index (χ0n) is 16.9. The SMILES string of the molecule is CCn1nc(C)cc1C(=O)N=c1sc2cc(OC)c(OC)cc2n1CC(=O)OC. The zero-order chi connectivity index (χ0) is 21.1. The van der Waals surface area contributed by atoms with E-state index < -0.39 is 11.9 Å². The van der Waals surface area contributed by atoms with Gasteiger partial charge in [0.1, 0.15) is 12.2 Å². The first-order valence-corrected chi connectivity index (χ1v) is 9.69. The molecular formula is C19H22N4O5S. The summed E-state index contributed by atoms with van der Waals surface area (Å²) in [6, 6.07) is 5.23. The summed E-state index contributed by atoms with van der Waals surface area (Å²) in [5.41, 5.74) is 1.81. The summed E-state index contributed by atoms with van der Waals surface area (Å²) in [4.78, 5) is 29.5. The number of nitrogens with zero attached hydrogens (tertiary/aromatic N) is 4. The Morgan fingerprint density at radius 1 is 1.14 bits per heavy atom. The number of carbonyl (C=O) groups excluding carboxylic acids is 2. The Morgan fingerprint density at radius 3 is 2.45 bits per heavy atom. The van der Waals surface area contributed by atoms with Gasteiger partial charge in [-0.1, -0.05) is 11.3 Å². The van der Waals surface area contributed by atoms with Crippen LogP contribution in [0.1, 0.15) is 23.1 Å². The summed E-state index contributed by atoms with van der Waals surface area (Å²) in [5, 5.41) is 4.29. The number of esters is 1. The number of benzene rings is 1. The van der Waals surface area contributed by atoms with E-state index in [9.17, 15) is 9.59 Å². The number of methoxy groups -OCH3 is 3. The monoisotopic (exact) mass is 418 g/mol. The van der Waals surface area contributed by atoms with E-state index in [-0.39, 0.29) is 6.54 Å². The van der Waals surface area contributed by atoms with Crippen molar-refractivity contribution < 1.29 is 23.8 Å². The van der Waals surface area contributed by atoms with Crippen molar-refractivity contribution in [1.82, 2.24) is 14.3 Å². The highest BCUT2D eigenvalue weighted by molar-refractivity contribution is 7.16. The van der Waals surface area contributed by atoms with Gasteiger partial charge in [-0.2, -0.15) is 10.1 Å². The van der Waals surface area contributed by atoms with Gasteiger partial charge in [0.15, 0.2) is 16.3 Å². The zero-order valence-corrected chi connectivity index (χ0v) is 17.7. The Labute approximate surface area is 171 Å². The molecule has 3 rings (SSSR count). The lowest BCUT2D eigenvalue weighted by atomic mass is 10.3. The van der Waals surface area contributed by atoms with Gasteiger partial charge in [0, 0.05) is 18.7 Å². The Bertz CT molecular complexity index is 1140. The fourth-order valence-electron chi connectivity index (χ4n) is 2.93. The van der Waals surface area contributed by atoms with Crippen LogP contribution in [0.25, 0.3) is 10.2 Å². The minimum atomic E-state index is -0.456. The normalized spacial score (nSPS) is 11.7. The van der Waals surface area contributed by atoms with E-state index in [0.29, 0.717) is 34.1 Å². The summed E-state index contributed by atoms with van der Waals surface area (Å²) in [6.07, 6.45) is 0. The molecule has 0 aliphatic rings. The molecule has 0 saturated carbocycles. The number of amides is 1. The number of hydrogen-bond acceptors (Lipinski definition) is 7. The quantitative estimate of drug-likeness (QED) is 0.569. The summed E-state index contributed by atoms with van der Waals surface area (Å²) in [5.74, 6) is 0.164. The third-order valence-electron chi connectivity index (χ3n) is 4.32. The van der Waals surface area contributed by atoms with E-state index in [1.54, 1.807) is 34.6 Å². The topological polar surface area (TPSA) is 96.9 Å². The molecule has 0 spiro atoms. The number of rotatable bonds is 6. The van der Waals surface area contributed by atoms with Gasteiger partial charge in [0.2, 0.25) is 0 Å². The van der Waals surface area contributed by atoms with Crippen LogP contribution in [-0.4, -0.2) is 47.6 Å². The van der Waals surface area contributed by atoms with Crippen LogP contribution in [0.3, 0.4) is 0 Å². The third kappa shape index (κ3) is 4.02. The molecule has 2 aromatic heterocycles. The Hall–Kier alpha value is -3.14. The molecule has 0 aliphatic carbocycles. The van der Waals surface area contributed by atoms with Gasteiger partial charge in [-0.15, -0.1) is 0 Å². The molecule has 9 nitrogen and oxygen atoms in total. The highest BCUT2D eigenvalue weighted by atomic mass is 32.1. The van der Waals surface area contributed by atoms with E-state index in [1.807, 2.05) is 13.8 Å². The third-order valence-corrected chi connectivity index (χ3v) is 5.36. The summed E-state index contributed by atoms with van der Waals surface area (Å²) in [7, 11) is 4.39. The Balaban J connectivity index is 2.21. The predicted octanol–water partition coefficient (Wildman–Crippen LogP) is 2.16. The largest absolute Gasteiger partial charge is 0.493 e. The van der Waals surface area contributed by atoms with Crippen LogP contribution in [0.5, 0.6) is 11.5 Å². The van der Waals surface area contributed by atoms with Crippen LogP contribution < -0.4 is 14.3 Å². The number of fused-ring (bicyclic) bond motifs is 1. The summed E-state index contributed by atoms with van der Waals surface area (Å²) >= 11 is 1.27. The van der Waals surface area contributed by atoms with Crippen molar-refractivity contribution in [2.45, 2.75) is 26.9 Å². The molecule has 0 aliphatic heterocycles. The van der Waals surface area contributed by atoms with Gasteiger partial charge >= 0.3 is 5.97 Å². The van der Waals surface area contributed by atoms with Crippen LogP contribution in [0, 0.1) is 6.92 Å². The molecular weight excluding hydrogens is 396 g/mol. The first-order valence-electron chi connectivity index (χ1n) is 8.87. The van der Waals surface area contributed by atoms with E-state index in [1.165, 1.54) is 25.6 Å². The molecule has 2 heterocycles. The van der Waals surface area contributed by atoms with Crippen molar-refractivity contribution >= 4 is 33.4 Å². The number of thiazole rings is 1. The highest BCUT2D eigenvalue weighted by Crippen LogP contribution is 2.33. The molecule has 0 unspecified atom stereocenters. The van der Waals surface area contributed by atoms with Gasteiger partial charge in [-0.3, -0.25) is 14.3 Å². The van der Waals surface area contributed by atoms with Gasteiger partial charge in [-0.25, -0.2) is 0 Å². The van der Waals surface area contributed by atoms with Crippen molar-refractivity contribution in [2.24, 2.45) is 4.99 Å². The van der Waals surface area contributed by atoms with Crippen LogP contribution >= 0.6 is 11.3 Å². The fraction of sp³-hybridized carbons (Fsp3) is 0.368. The van der Waals surface area contributed by atoms with E-state index in [4.69, 9.17) is 14.2 Å². The average molecular weight is 418 g/mol. The molecule has 1 aromatic carbocycles. The maximum absolute atomic E-state index is 12.8. The number of ether oxygens (including phenoxy) is 3. The molecule has 0 N–H and O–H groups in total. The molecule has 10 heteroatoms. The molecule has 0 bridgehead atoms.